The van der Waals surface area contributed by atoms with Crippen molar-refractivity contribution in [3.05, 3.63) is 28.7 Å². The van der Waals surface area contributed by atoms with E-state index < -0.39 is 6.03 Å². The topological polar surface area (TPSA) is 75.3 Å². The number of ketones is 1. The average Bonchev–Trinajstić information content (AvgIpc) is 2.45. The molecule has 0 spiro atoms. The molecule has 124 valence electrons. The molecule has 23 heavy (non-hydrogen) atoms. The third kappa shape index (κ3) is 4.19. The van der Waals surface area contributed by atoms with E-state index in [-0.39, 0.29) is 35.4 Å². The van der Waals surface area contributed by atoms with Gasteiger partial charge >= 0.3 is 6.03 Å². The number of urea groups is 1. The van der Waals surface area contributed by atoms with E-state index >= 15 is 0 Å². The van der Waals surface area contributed by atoms with Gasteiger partial charge in [-0.1, -0.05) is 29.8 Å². The first-order valence-electron chi connectivity index (χ1n) is 7.57. The summed E-state index contributed by atoms with van der Waals surface area (Å²) in [5, 5.41) is 4.95. The van der Waals surface area contributed by atoms with Gasteiger partial charge in [0.05, 0.1) is 0 Å². The molecule has 1 saturated carbocycles. The smallest absolute Gasteiger partial charge is 0.308 e. The molecule has 0 heterocycles. The van der Waals surface area contributed by atoms with Crippen LogP contribution in [-0.4, -0.2) is 17.7 Å². The summed E-state index contributed by atoms with van der Waals surface area (Å²) in [6, 6.07) is 6.53. The maximum Gasteiger partial charge on any atom is 0.325 e. The van der Waals surface area contributed by atoms with Crippen molar-refractivity contribution in [2.24, 2.45) is 17.3 Å². The molecule has 2 N–H and O–H groups in total. The van der Waals surface area contributed by atoms with Crippen LogP contribution in [0.5, 0.6) is 0 Å². The second-order valence-electron chi connectivity index (χ2n) is 6.63. The summed E-state index contributed by atoms with van der Waals surface area (Å²) >= 11 is 3.31. The Hall–Kier alpha value is -1.69. The van der Waals surface area contributed by atoms with Gasteiger partial charge in [-0.2, -0.15) is 0 Å². The van der Waals surface area contributed by atoms with Crippen LogP contribution in [0.2, 0.25) is 0 Å². The van der Waals surface area contributed by atoms with Crippen LogP contribution in [0, 0.1) is 17.3 Å². The quantitative estimate of drug-likeness (QED) is 0.835. The van der Waals surface area contributed by atoms with E-state index in [0.717, 1.165) is 4.47 Å². The molecule has 5 nitrogen and oxygen atoms in total. The third-order valence-electron chi connectivity index (χ3n) is 4.75. The van der Waals surface area contributed by atoms with Gasteiger partial charge in [0.2, 0.25) is 5.91 Å². The fourth-order valence-electron chi connectivity index (χ4n) is 3.15. The van der Waals surface area contributed by atoms with Gasteiger partial charge < -0.3 is 5.32 Å². The van der Waals surface area contributed by atoms with Crippen molar-refractivity contribution in [2.45, 2.75) is 33.6 Å². The van der Waals surface area contributed by atoms with E-state index in [1.807, 2.05) is 13.8 Å². The molecule has 1 aromatic carbocycles. The molecule has 0 saturated heterocycles. The van der Waals surface area contributed by atoms with Gasteiger partial charge in [0.1, 0.15) is 5.78 Å². The highest BCUT2D eigenvalue weighted by molar-refractivity contribution is 9.10. The zero-order valence-electron chi connectivity index (χ0n) is 13.5. The standard InChI is InChI=1S/C17H21BrN2O3/c1-10(21)14-8-11(17(14,2)3)9-15(22)20-16(23)19-13-6-4-12(18)5-7-13/h4-7,11,14H,8-9H2,1-3H3,(H2,19,20,22,23)/t11-,14-/m0/s1. The Morgan fingerprint density at radius 1 is 1.22 bits per heavy atom. The third-order valence-corrected chi connectivity index (χ3v) is 5.28. The number of Topliss-reactive ketones (excluding diaryl/α,β-unsaturated/α-hetero) is 1. The number of carbonyl (C=O) groups excluding carboxylic acids is 3. The highest BCUT2D eigenvalue weighted by Crippen LogP contribution is 2.53. The number of anilines is 1. The largest absolute Gasteiger partial charge is 0.325 e. The van der Waals surface area contributed by atoms with Crippen molar-refractivity contribution in [1.82, 2.24) is 5.32 Å². The maximum absolute atomic E-state index is 12.0. The number of benzene rings is 1. The number of carbonyl (C=O) groups is 3. The van der Waals surface area contributed by atoms with Crippen LogP contribution in [0.1, 0.15) is 33.6 Å². The molecule has 0 aliphatic heterocycles. The van der Waals surface area contributed by atoms with Gasteiger partial charge in [0.15, 0.2) is 0 Å². The number of halogens is 1. The van der Waals surface area contributed by atoms with E-state index in [1.165, 1.54) is 0 Å². The molecular weight excluding hydrogens is 360 g/mol. The van der Waals surface area contributed by atoms with Gasteiger partial charge in [-0.05, 0) is 48.9 Å². The predicted octanol–water partition coefficient (Wildman–Crippen LogP) is 3.74. The van der Waals surface area contributed by atoms with Crippen molar-refractivity contribution in [3.63, 3.8) is 0 Å². The lowest BCUT2D eigenvalue weighted by atomic mass is 9.52. The number of hydrogen-bond donors (Lipinski definition) is 2. The van der Waals surface area contributed by atoms with Gasteiger partial charge in [-0.3, -0.25) is 14.9 Å². The molecule has 1 aromatic rings. The van der Waals surface area contributed by atoms with E-state index in [4.69, 9.17) is 0 Å². The van der Waals surface area contributed by atoms with Crippen LogP contribution in [0.3, 0.4) is 0 Å². The molecule has 0 aromatic heterocycles. The fraction of sp³-hybridized carbons (Fsp3) is 0.471. The molecule has 6 heteroatoms. The SMILES string of the molecule is CC(=O)[C@@H]1C[C@@H](CC(=O)NC(=O)Nc2ccc(Br)cc2)C1(C)C. The molecular formula is C17H21BrN2O3. The first-order valence-corrected chi connectivity index (χ1v) is 8.36. The summed E-state index contributed by atoms with van der Waals surface area (Å²) in [4.78, 5) is 35.3. The summed E-state index contributed by atoms with van der Waals surface area (Å²) in [6.07, 6.45) is 0.967. The van der Waals surface area contributed by atoms with Gasteiger partial charge in [-0.25, -0.2) is 4.79 Å². The van der Waals surface area contributed by atoms with E-state index in [9.17, 15) is 14.4 Å². The Morgan fingerprint density at radius 3 is 2.35 bits per heavy atom. The van der Waals surface area contributed by atoms with Gasteiger partial charge in [0, 0.05) is 22.5 Å². The molecule has 0 unspecified atom stereocenters. The molecule has 1 fully saturated rings. The van der Waals surface area contributed by atoms with Crippen molar-refractivity contribution >= 4 is 39.3 Å². The first kappa shape index (κ1) is 17.7. The lowest BCUT2D eigenvalue weighted by Crippen LogP contribution is -2.50. The van der Waals surface area contributed by atoms with Crippen LogP contribution in [0.25, 0.3) is 0 Å². The highest BCUT2D eigenvalue weighted by atomic mass is 79.9. The Balaban J connectivity index is 1.82. The second-order valence-corrected chi connectivity index (χ2v) is 7.55. The van der Waals surface area contributed by atoms with Crippen LogP contribution in [-0.2, 0) is 9.59 Å². The molecule has 0 bridgehead atoms. The minimum Gasteiger partial charge on any atom is -0.308 e. The van der Waals surface area contributed by atoms with Crippen molar-refractivity contribution in [1.29, 1.82) is 0 Å². The Labute approximate surface area is 144 Å². The number of imide groups is 1. The summed E-state index contributed by atoms with van der Waals surface area (Å²) in [5.41, 5.74) is 0.421. The molecule has 2 atom stereocenters. The Kier molecular flexibility index (Phi) is 5.24. The maximum atomic E-state index is 12.0. The summed E-state index contributed by atoms with van der Waals surface area (Å²) < 4.78 is 0.909. The summed E-state index contributed by atoms with van der Waals surface area (Å²) in [5.74, 6) is -0.0203. The van der Waals surface area contributed by atoms with Crippen LogP contribution in [0.15, 0.2) is 28.7 Å². The molecule has 1 aliphatic rings. The zero-order chi connectivity index (χ0) is 17.2. The van der Waals surface area contributed by atoms with E-state index in [1.54, 1.807) is 31.2 Å². The number of nitrogens with one attached hydrogen (secondary N) is 2. The minimum absolute atomic E-state index is 0.0110. The lowest BCUT2D eigenvalue weighted by molar-refractivity contribution is -0.140. The summed E-state index contributed by atoms with van der Waals surface area (Å²) in [7, 11) is 0. The van der Waals surface area contributed by atoms with Crippen molar-refractivity contribution < 1.29 is 14.4 Å². The van der Waals surface area contributed by atoms with Crippen LogP contribution >= 0.6 is 15.9 Å². The van der Waals surface area contributed by atoms with Crippen LogP contribution < -0.4 is 10.6 Å². The van der Waals surface area contributed by atoms with Gasteiger partial charge in [-0.15, -0.1) is 0 Å². The van der Waals surface area contributed by atoms with Crippen molar-refractivity contribution in [3.8, 4) is 0 Å². The normalized spacial score (nSPS) is 21.9. The Morgan fingerprint density at radius 2 is 1.83 bits per heavy atom. The van der Waals surface area contributed by atoms with E-state index in [0.29, 0.717) is 12.1 Å². The number of rotatable bonds is 4. The van der Waals surface area contributed by atoms with E-state index in [2.05, 4.69) is 26.6 Å². The monoisotopic (exact) mass is 380 g/mol. The minimum atomic E-state index is -0.544. The molecule has 1 aliphatic carbocycles. The Bertz CT molecular complexity index is 625. The predicted molar refractivity (Wildman–Crippen MR) is 92.0 cm³/mol. The fourth-order valence-corrected chi connectivity index (χ4v) is 3.41. The molecule has 3 amide bonds. The second kappa shape index (κ2) is 6.83. The average molecular weight is 381 g/mol. The highest BCUT2D eigenvalue weighted by Gasteiger charge is 2.50. The summed E-state index contributed by atoms with van der Waals surface area (Å²) in [6.45, 7) is 5.60. The number of hydrogen-bond acceptors (Lipinski definition) is 3. The zero-order valence-corrected chi connectivity index (χ0v) is 15.1. The molecule has 0 radical (unpaired) electrons. The lowest BCUT2D eigenvalue weighted by Gasteiger charge is -2.51. The number of amides is 3. The van der Waals surface area contributed by atoms with Gasteiger partial charge in [0.25, 0.3) is 0 Å². The van der Waals surface area contributed by atoms with Crippen LogP contribution in [0.4, 0.5) is 10.5 Å². The van der Waals surface area contributed by atoms with Crippen molar-refractivity contribution in [2.75, 3.05) is 5.32 Å². The molecule has 2 rings (SSSR count). The first-order chi connectivity index (χ1) is 10.7.